The molecule has 0 heterocycles. The number of unbranched alkanes of at least 4 members (excludes halogenated alkanes) is 1. The van der Waals surface area contributed by atoms with Gasteiger partial charge in [-0.05, 0) is 31.0 Å². The lowest BCUT2D eigenvalue weighted by atomic mass is 10.2. The van der Waals surface area contributed by atoms with Crippen LogP contribution < -0.4 is 14.8 Å². The zero-order chi connectivity index (χ0) is 16.5. The zero-order valence-electron chi connectivity index (χ0n) is 12.0. The number of alkyl halides is 2. The summed E-state index contributed by atoms with van der Waals surface area (Å²) in [5.41, 5.74) is 0.233. The van der Waals surface area contributed by atoms with Gasteiger partial charge in [-0.2, -0.15) is 8.78 Å². The van der Waals surface area contributed by atoms with Crippen molar-refractivity contribution in [2.75, 3.05) is 13.7 Å². The number of rotatable bonds is 9. The molecule has 0 radical (unpaired) electrons. The molecule has 0 atom stereocenters. The molecular weight excluding hydrogens is 300 g/mol. The molecular formula is C14H17F2NO5. The molecule has 1 amide bonds. The smallest absolute Gasteiger partial charge is 0.387 e. The maximum Gasteiger partial charge on any atom is 0.387 e. The summed E-state index contributed by atoms with van der Waals surface area (Å²) in [4.78, 5) is 22.2. The van der Waals surface area contributed by atoms with Gasteiger partial charge in [-0.3, -0.25) is 9.59 Å². The Kier molecular flexibility index (Phi) is 7.07. The van der Waals surface area contributed by atoms with Crippen LogP contribution in [0.1, 0.15) is 29.6 Å². The van der Waals surface area contributed by atoms with Gasteiger partial charge in [0.1, 0.15) is 0 Å². The number of carbonyl (C=O) groups excluding carboxylic acids is 1. The maximum atomic E-state index is 12.2. The molecule has 6 nitrogen and oxygen atoms in total. The van der Waals surface area contributed by atoms with Crippen LogP contribution in [0.3, 0.4) is 0 Å². The first-order chi connectivity index (χ1) is 10.4. The molecule has 0 aromatic heterocycles. The largest absolute Gasteiger partial charge is 0.493 e. The van der Waals surface area contributed by atoms with Gasteiger partial charge >= 0.3 is 12.6 Å². The third-order valence-electron chi connectivity index (χ3n) is 2.74. The molecule has 0 aliphatic carbocycles. The monoisotopic (exact) mass is 317 g/mol. The molecule has 8 heteroatoms. The van der Waals surface area contributed by atoms with Gasteiger partial charge in [0.25, 0.3) is 5.91 Å². The van der Waals surface area contributed by atoms with Crippen molar-refractivity contribution in [1.82, 2.24) is 5.32 Å². The quantitative estimate of drug-likeness (QED) is 0.683. The number of amides is 1. The zero-order valence-corrected chi connectivity index (χ0v) is 12.0. The number of carboxylic acid groups (broad SMARTS) is 1. The first kappa shape index (κ1) is 17.7. The summed E-state index contributed by atoms with van der Waals surface area (Å²) in [6.45, 7) is -2.66. The van der Waals surface area contributed by atoms with Crippen molar-refractivity contribution in [1.29, 1.82) is 0 Å². The normalized spacial score (nSPS) is 10.4. The molecule has 0 spiro atoms. The molecule has 0 fully saturated rings. The Morgan fingerprint density at radius 2 is 2.00 bits per heavy atom. The number of aliphatic carboxylic acids is 1. The van der Waals surface area contributed by atoms with E-state index in [0.717, 1.165) is 0 Å². The van der Waals surface area contributed by atoms with Crippen LogP contribution in [-0.2, 0) is 4.79 Å². The second-order valence-corrected chi connectivity index (χ2v) is 4.35. The van der Waals surface area contributed by atoms with Crippen molar-refractivity contribution >= 4 is 11.9 Å². The van der Waals surface area contributed by atoms with Gasteiger partial charge in [-0.1, -0.05) is 0 Å². The maximum absolute atomic E-state index is 12.2. The van der Waals surface area contributed by atoms with Crippen molar-refractivity contribution in [2.24, 2.45) is 0 Å². The second kappa shape index (κ2) is 8.81. The van der Waals surface area contributed by atoms with Crippen LogP contribution in [0.2, 0.25) is 0 Å². The molecule has 122 valence electrons. The number of ether oxygens (including phenoxy) is 2. The van der Waals surface area contributed by atoms with Gasteiger partial charge in [-0.25, -0.2) is 0 Å². The lowest BCUT2D eigenvalue weighted by Gasteiger charge is -2.11. The van der Waals surface area contributed by atoms with Gasteiger partial charge in [-0.15, -0.1) is 0 Å². The molecule has 0 saturated heterocycles. The molecule has 2 N–H and O–H groups in total. The van der Waals surface area contributed by atoms with Crippen LogP contribution in [-0.4, -0.2) is 37.2 Å². The van der Waals surface area contributed by atoms with Crippen LogP contribution in [0.4, 0.5) is 8.78 Å². The van der Waals surface area contributed by atoms with Gasteiger partial charge in [0, 0.05) is 18.5 Å². The van der Waals surface area contributed by atoms with Crippen LogP contribution >= 0.6 is 0 Å². The van der Waals surface area contributed by atoms with E-state index in [9.17, 15) is 18.4 Å². The Bertz CT molecular complexity index is 522. The first-order valence-electron chi connectivity index (χ1n) is 6.57. The standard InChI is InChI=1S/C14H17F2NO5/c1-21-11-8-9(5-6-10(11)22-14(15)16)13(20)17-7-3-2-4-12(18)19/h5-6,8,14H,2-4,7H2,1H3,(H,17,20)(H,18,19). The molecule has 1 aromatic rings. The molecule has 0 unspecified atom stereocenters. The predicted molar refractivity (Wildman–Crippen MR) is 73.4 cm³/mol. The van der Waals surface area contributed by atoms with Gasteiger partial charge < -0.3 is 19.9 Å². The number of nitrogens with one attached hydrogen (secondary N) is 1. The Labute approximate surface area is 126 Å². The van der Waals surface area contributed by atoms with Crippen molar-refractivity contribution < 1.29 is 33.0 Å². The van der Waals surface area contributed by atoms with Crippen molar-refractivity contribution in [3.05, 3.63) is 23.8 Å². The Hall–Kier alpha value is -2.38. The SMILES string of the molecule is COc1cc(C(=O)NCCCCC(=O)O)ccc1OC(F)F. The fourth-order valence-electron chi connectivity index (χ4n) is 1.71. The summed E-state index contributed by atoms with van der Waals surface area (Å²) in [5.74, 6) is -1.42. The number of carboxylic acids is 1. The highest BCUT2D eigenvalue weighted by atomic mass is 19.3. The fraction of sp³-hybridized carbons (Fsp3) is 0.429. The number of halogens is 2. The van der Waals surface area contributed by atoms with E-state index in [1.165, 1.54) is 25.3 Å². The Morgan fingerprint density at radius 3 is 2.59 bits per heavy atom. The average Bonchev–Trinajstić information content (AvgIpc) is 2.46. The summed E-state index contributed by atoms with van der Waals surface area (Å²) in [5, 5.41) is 11.1. The highest BCUT2D eigenvalue weighted by Gasteiger charge is 2.14. The molecule has 22 heavy (non-hydrogen) atoms. The van der Waals surface area contributed by atoms with Crippen LogP contribution in [0.25, 0.3) is 0 Å². The Balaban J connectivity index is 2.56. The van der Waals surface area contributed by atoms with Crippen molar-refractivity contribution in [3.63, 3.8) is 0 Å². The highest BCUT2D eigenvalue weighted by molar-refractivity contribution is 5.94. The molecule has 1 aromatic carbocycles. The van der Waals surface area contributed by atoms with Gasteiger partial charge in [0.2, 0.25) is 0 Å². The molecule has 0 aliphatic rings. The van der Waals surface area contributed by atoms with E-state index >= 15 is 0 Å². The summed E-state index contributed by atoms with van der Waals surface area (Å²) >= 11 is 0. The summed E-state index contributed by atoms with van der Waals surface area (Å²) in [6, 6.07) is 3.86. The topological polar surface area (TPSA) is 84.9 Å². The summed E-state index contributed by atoms with van der Waals surface area (Å²) in [6.07, 6.45) is 1.03. The third kappa shape index (κ3) is 5.94. The van der Waals surface area contributed by atoms with E-state index in [1.54, 1.807) is 0 Å². The molecule has 0 aliphatic heterocycles. The van der Waals surface area contributed by atoms with Gasteiger partial charge in [0.05, 0.1) is 7.11 Å². The van der Waals surface area contributed by atoms with E-state index in [1.807, 2.05) is 0 Å². The van der Waals surface area contributed by atoms with E-state index in [0.29, 0.717) is 19.4 Å². The minimum atomic E-state index is -2.98. The number of carbonyl (C=O) groups is 2. The minimum absolute atomic E-state index is 0.0267. The summed E-state index contributed by atoms with van der Waals surface area (Å²) in [7, 11) is 1.28. The van der Waals surface area contributed by atoms with Crippen molar-refractivity contribution in [2.45, 2.75) is 25.9 Å². The van der Waals surface area contributed by atoms with Crippen LogP contribution in [0, 0.1) is 0 Å². The lowest BCUT2D eigenvalue weighted by molar-refractivity contribution is -0.137. The van der Waals surface area contributed by atoms with Crippen molar-refractivity contribution in [3.8, 4) is 11.5 Å². The van der Waals surface area contributed by atoms with Crippen LogP contribution in [0.15, 0.2) is 18.2 Å². The predicted octanol–water partition coefficient (Wildman–Crippen LogP) is 2.28. The van der Waals surface area contributed by atoms with E-state index in [4.69, 9.17) is 9.84 Å². The number of methoxy groups -OCH3 is 1. The first-order valence-corrected chi connectivity index (χ1v) is 6.57. The van der Waals surface area contributed by atoms with E-state index in [2.05, 4.69) is 10.1 Å². The lowest BCUT2D eigenvalue weighted by Crippen LogP contribution is -2.24. The molecule has 0 bridgehead atoms. The van der Waals surface area contributed by atoms with E-state index in [-0.39, 0.29) is 23.5 Å². The molecule has 1 rings (SSSR count). The third-order valence-corrected chi connectivity index (χ3v) is 2.74. The second-order valence-electron chi connectivity index (χ2n) is 4.35. The fourth-order valence-corrected chi connectivity index (χ4v) is 1.71. The van der Waals surface area contributed by atoms with Gasteiger partial charge in [0.15, 0.2) is 11.5 Å². The van der Waals surface area contributed by atoms with Crippen LogP contribution in [0.5, 0.6) is 11.5 Å². The number of hydrogen-bond acceptors (Lipinski definition) is 4. The Morgan fingerprint density at radius 1 is 1.27 bits per heavy atom. The van der Waals surface area contributed by atoms with E-state index < -0.39 is 18.5 Å². The molecule has 0 saturated carbocycles. The number of hydrogen-bond donors (Lipinski definition) is 2. The number of benzene rings is 1. The minimum Gasteiger partial charge on any atom is -0.493 e. The summed E-state index contributed by atoms with van der Waals surface area (Å²) < 4.78 is 33.5. The average molecular weight is 317 g/mol. The highest BCUT2D eigenvalue weighted by Crippen LogP contribution is 2.29.